The number of ether oxygens (including phenoxy) is 1. The summed E-state index contributed by atoms with van der Waals surface area (Å²) in [4.78, 5) is 11.5. The summed E-state index contributed by atoms with van der Waals surface area (Å²) in [6, 6.07) is 1.69. The predicted molar refractivity (Wildman–Crippen MR) is 83.0 cm³/mol. The Morgan fingerprint density at radius 1 is 1.50 bits per heavy atom. The zero-order chi connectivity index (χ0) is 15.3. The number of hydrogen-bond acceptors (Lipinski definition) is 4. The van der Waals surface area contributed by atoms with Gasteiger partial charge in [0.1, 0.15) is 5.69 Å². The van der Waals surface area contributed by atoms with Gasteiger partial charge in [0.25, 0.3) is 0 Å². The number of hydrogen-bond donors (Lipinski definition) is 2. The van der Waals surface area contributed by atoms with Crippen molar-refractivity contribution in [1.29, 1.82) is 0 Å². The molecule has 110 valence electrons. The van der Waals surface area contributed by atoms with E-state index in [1.54, 1.807) is 30.1 Å². The largest absolute Gasteiger partial charge is 0.464 e. The molecular formula is C13H20N4O2S. The molecule has 0 bridgehead atoms. The van der Waals surface area contributed by atoms with Crippen molar-refractivity contribution in [2.24, 2.45) is 12.1 Å². The molecule has 0 saturated carbocycles. The van der Waals surface area contributed by atoms with Gasteiger partial charge >= 0.3 is 5.97 Å². The average molecular weight is 296 g/mol. The molecule has 0 aliphatic carbocycles. The lowest BCUT2D eigenvalue weighted by Crippen LogP contribution is -2.44. The van der Waals surface area contributed by atoms with Crippen molar-refractivity contribution >= 4 is 29.5 Å². The zero-order valence-electron chi connectivity index (χ0n) is 12.4. The van der Waals surface area contributed by atoms with Gasteiger partial charge in [-0.15, -0.1) is 0 Å². The molecule has 0 unspecified atom stereocenters. The van der Waals surface area contributed by atoms with Crippen LogP contribution < -0.4 is 10.7 Å². The van der Waals surface area contributed by atoms with E-state index >= 15 is 0 Å². The molecule has 0 saturated heterocycles. The van der Waals surface area contributed by atoms with Crippen molar-refractivity contribution in [3.05, 3.63) is 23.5 Å². The highest BCUT2D eigenvalue weighted by atomic mass is 32.1. The number of nitrogens with one attached hydrogen (secondary N) is 2. The van der Waals surface area contributed by atoms with Gasteiger partial charge in [-0.2, -0.15) is 5.10 Å². The van der Waals surface area contributed by atoms with Gasteiger partial charge < -0.3 is 14.6 Å². The Bertz CT molecular complexity index is 529. The van der Waals surface area contributed by atoms with Crippen LogP contribution in [0.5, 0.6) is 0 Å². The Labute approximate surface area is 124 Å². The molecular weight excluding hydrogens is 276 g/mol. The van der Waals surface area contributed by atoms with Crippen LogP contribution in [-0.2, 0) is 11.8 Å². The third-order valence-corrected chi connectivity index (χ3v) is 2.48. The van der Waals surface area contributed by atoms with E-state index in [2.05, 4.69) is 20.6 Å². The van der Waals surface area contributed by atoms with Crippen molar-refractivity contribution < 1.29 is 9.53 Å². The molecule has 0 fully saturated rings. The first kappa shape index (κ1) is 16.2. The zero-order valence-corrected chi connectivity index (χ0v) is 13.2. The molecule has 0 amide bonds. The summed E-state index contributed by atoms with van der Waals surface area (Å²) >= 11 is 5.09. The highest BCUT2D eigenvalue weighted by Crippen LogP contribution is 2.06. The number of methoxy groups -OCH3 is 1. The summed E-state index contributed by atoms with van der Waals surface area (Å²) < 4.78 is 6.36. The Hall–Kier alpha value is -1.89. The lowest BCUT2D eigenvalue weighted by atomic mass is 10.1. The van der Waals surface area contributed by atoms with E-state index in [1.807, 2.05) is 20.8 Å². The van der Waals surface area contributed by atoms with Gasteiger partial charge in [-0.1, -0.05) is 0 Å². The number of aromatic nitrogens is 1. The number of thiocarbonyl (C=S) groups is 1. The van der Waals surface area contributed by atoms with E-state index in [0.717, 1.165) is 5.56 Å². The minimum absolute atomic E-state index is 0.121. The van der Waals surface area contributed by atoms with Crippen LogP contribution in [0.1, 0.15) is 36.8 Å². The highest BCUT2D eigenvalue weighted by Gasteiger charge is 2.11. The quantitative estimate of drug-likeness (QED) is 0.382. The lowest BCUT2D eigenvalue weighted by Gasteiger charge is -2.21. The minimum Gasteiger partial charge on any atom is -0.464 e. The van der Waals surface area contributed by atoms with Crippen molar-refractivity contribution in [1.82, 2.24) is 15.3 Å². The van der Waals surface area contributed by atoms with Crippen molar-refractivity contribution in [3.8, 4) is 0 Å². The topological polar surface area (TPSA) is 67.7 Å². The van der Waals surface area contributed by atoms with Gasteiger partial charge in [0, 0.05) is 24.3 Å². The smallest absolute Gasteiger partial charge is 0.354 e. The molecule has 0 spiro atoms. The Morgan fingerprint density at radius 3 is 2.70 bits per heavy atom. The number of aryl methyl sites for hydroxylation is 1. The van der Waals surface area contributed by atoms with Crippen LogP contribution in [0.2, 0.25) is 0 Å². The molecule has 1 rings (SSSR count). The number of carbonyl (C=O) groups is 1. The van der Waals surface area contributed by atoms with E-state index in [0.29, 0.717) is 10.8 Å². The highest BCUT2D eigenvalue weighted by molar-refractivity contribution is 7.80. The number of esters is 1. The Balaban J connectivity index is 2.63. The molecule has 7 heteroatoms. The fourth-order valence-corrected chi connectivity index (χ4v) is 1.86. The molecule has 1 aromatic heterocycles. The summed E-state index contributed by atoms with van der Waals surface area (Å²) in [7, 11) is 3.12. The number of carbonyl (C=O) groups excluding carboxylic acids is 1. The average Bonchev–Trinajstić information content (AvgIpc) is 2.67. The molecule has 20 heavy (non-hydrogen) atoms. The van der Waals surface area contributed by atoms with Gasteiger partial charge in [0.15, 0.2) is 5.11 Å². The van der Waals surface area contributed by atoms with Gasteiger partial charge in [0.2, 0.25) is 0 Å². The van der Waals surface area contributed by atoms with Crippen LogP contribution in [0.4, 0.5) is 0 Å². The first-order chi connectivity index (χ1) is 9.23. The van der Waals surface area contributed by atoms with Gasteiger partial charge in [-0.05, 0) is 39.1 Å². The third kappa shape index (κ3) is 5.00. The van der Waals surface area contributed by atoms with Gasteiger partial charge in [-0.3, -0.25) is 5.43 Å². The Kier molecular flexibility index (Phi) is 5.26. The maximum atomic E-state index is 11.5. The number of rotatable bonds is 3. The summed E-state index contributed by atoms with van der Waals surface area (Å²) in [6.07, 6.45) is 3.36. The normalized spacial score (nSPS) is 11.4. The molecule has 6 nitrogen and oxygen atoms in total. The summed E-state index contributed by atoms with van der Waals surface area (Å²) in [5, 5.41) is 7.54. The fraction of sp³-hybridized carbons (Fsp3) is 0.462. The Morgan fingerprint density at radius 2 is 2.15 bits per heavy atom. The summed E-state index contributed by atoms with van der Waals surface area (Å²) in [5.41, 5.74) is 3.84. The van der Waals surface area contributed by atoms with Crippen LogP contribution >= 0.6 is 12.2 Å². The molecule has 1 aromatic rings. The van der Waals surface area contributed by atoms with Crippen LogP contribution in [-0.4, -0.2) is 34.5 Å². The number of hydrazone groups is 1. The van der Waals surface area contributed by atoms with E-state index < -0.39 is 0 Å². The van der Waals surface area contributed by atoms with E-state index in [-0.39, 0.29) is 11.5 Å². The molecule has 0 aromatic carbocycles. The van der Waals surface area contributed by atoms with Crippen LogP contribution in [0.3, 0.4) is 0 Å². The standard InChI is InChI=1S/C13H20N4O2S/c1-13(2,3)15-12(20)16-14-7-9-6-10(11(18)19-5)17(4)8-9/h6-8H,1-5H3,(H2,15,16,20). The molecule has 0 aliphatic heterocycles. The molecule has 2 N–H and O–H groups in total. The maximum Gasteiger partial charge on any atom is 0.354 e. The minimum atomic E-state index is -0.384. The van der Waals surface area contributed by atoms with Crippen molar-refractivity contribution in [3.63, 3.8) is 0 Å². The van der Waals surface area contributed by atoms with E-state index in [4.69, 9.17) is 12.2 Å². The van der Waals surface area contributed by atoms with Crippen LogP contribution in [0.15, 0.2) is 17.4 Å². The van der Waals surface area contributed by atoms with Crippen molar-refractivity contribution in [2.75, 3.05) is 7.11 Å². The summed E-state index contributed by atoms with van der Waals surface area (Å²) in [5.74, 6) is -0.384. The van der Waals surface area contributed by atoms with Crippen molar-refractivity contribution in [2.45, 2.75) is 26.3 Å². The second-order valence-corrected chi connectivity index (χ2v) is 5.74. The molecule has 0 atom stereocenters. The monoisotopic (exact) mass is 296 g/mol. The molecule has 1 heterocycles. The second-order valence-electron chi connectivity index (χ2n) is 5.34. The maximum absolute atomic E-state index is 11.5. The van der Waals surface area contributed by atoms with Gasteiger partial charge in [0.05, 0.1) is 13.3 Å². The van der Waals surface area contributed by atoms with E-state index in [1.165, 1.54) is 7.11 Å². The van der Waals surface area contributed by atoms with E-state index in [9.17, 15) is 4.79 Å². The molecule has 0 radical (unpaired) electrons. The second kappa shape index (κ2) is 6.51. The lowest BCUT2D eigenvalue weighted by molar-refractivity contribution is 0.0590. The van der Waals surface area contributed by atoms with Gasteiger partial charge in [-0.25, -0.2) is 4.79 Å². The third-order valence-electron chi connectivity index (χ3n) is 2.29. The first-order valence-electron chi connectivity index (χ1n) is 6.09. The first-order valence-corrected chi connectivity index (χ1v) is 6.49. The van der Waals surface area contributed by atoms with Crippen LogP contribution in [0, 0.1) is 0 Å². The predicted octanol–water partition coefficient (Wildman–Crippen LogP) is 1.41. The van der Waals surface area contributed by atoms with Crippen LogP contribution in [0.25, 0.3) is 0 Å². The SMILES string of the molecule is COC(=O)c1cc(C=NNC(=S)NC(C)(C)C)cn1C. The molecule has 0 aliphatic rings. The summed E-state index contributed by atoms with van der Waals surface area (Å²) in [6.45, 7) is 6.01. The number of nitrogens with zero attached hydrogens (tertiary/aromatic N) is 2. The fourth-order valence-electron chi connectivity index (χ4n) is 1.50.